The summed E-state index contributed by atoms with van der Waals surface area (Å²) in [5.41, 5.74) is 0. The van der Waals surface area contributed by atoms with Crippen molar-refractivity contribution in [1.82, 2.24) is 0 Å². The summed E-state index contributed by atoms with van der Waals surface area (Å²) < 4.78 is 16.6. The lowest BCUT2D eigenvalue weighted by Gasteiger charge is -2.18. The molecule has 0 N–H and O–H groups in total. The maximum Gasteiger partial charge on any atom is 0.306 e. The summed E-state index contributed by atoms with van der Waals surface area (Å²) in [6, 6.07) is 0. The average molecular weight is 681 g/mol. The molecule has 0 amide bonds. The topological polar surface area (TPSA) is 78.9 Å². The zero-order chi connectivity index (χ0) is 35.5. The van der Waals surface area contributed by atoms with Crippen LogP contribution in [0.15, 0.2) is 0 Å². The maximum absolute atomic E-state index is 12.6. The second-order valence-electron chi connectivity index (χ2n) is 15.0. The van der Waals surface area contributed by atoms with Crippen LogP contribution in [0.2, 0.25) is 0 Å². The standard InChI is InChI=1S/C42H80O6/c1-6-8-9-10-11-12-13-14-15-24-29-34-42(45)48-39(35-46-40(43)32-27-22-18-16-20-25-30-37(3)4)36-47-41(44)33-28-23-19-17-21-26-31-38(5)7-2/h37-39H,6-36H2,1-5H3/t38?,39-/m0/s1. The number of carbonyl (C=O) groups is 3. The van der Waals surface area contributed by atoms with Crippen LogP contribution in [0, 0.1) is 11.8 Å². The lowest BCUT2D eigenvalue weighted by Crippen LogP contribution is -2.30. The van der Waals surface area contributed by atoms with Crippen LogP contribution in [-0.2, 0) is 28.6 Å². The molecule has 0 saturated heterocycles. The molecule has 0 bridgehead atoms. The molecule has 0 aromatic rings. The maximum atomic E-state index is 12.6. The minimum Gasteiger partial charge on any atom is -0.462 e. The van der Waals surface area contributed by atoms with Gasteiger partial charge in [-0.15, -0.1) is 0 Å². The molecule has 0 fully saturated rings. The van der Waals surface area contributed by atoms with Crippen molar-refractivity contribution in [2.24, 2.45) is 11.8 Å². The summed E-state index contributed by atoms with van der Waals surface area (Å²) in [6.45, 7) is 11.2. The van der Waals surface area contributed by atoms with Crippen LogP contribution in [0.3, 0.4) is 0 Å². The zero-order valence-corrected chi connectivity index (χ0v) is 32.6. The Bertz CT molecular complexity index is 736. The van der Waals surface area contributed by atoms with Gasteiger partial charge in [-0.25, -0.2) is 0 Å². The highest BCUT2D eigenvalue weighted by Crippen LogP contribution is 2.16. The number of ether oxygens (including phenoxy) is 3. The Morgan fingerprint density at radius 3 is 1.19 bits per heavy atom. The molecule has 284 valence electrons. The molecule has 6 nitrogen and oxygen atoms in total. The summed E-state index contributed by atoms with van der Waals surface area (Å²) in [7, 11) is 0. The first-order valence-corrected chi connectivity index (χ1v) is 20.8. The lowest BCUT2D eigenvalue weighted by molar-refractivity contribution is -0.167. The molecule has 48 heavy (non-hydrogen) atoms. The van der Waals surface area contributed by atoms with Gasteiger partial charge < -0.3 is 14.2 Å². The average Bonchev–Trinajstić information content (AvgIpc) is 3.06. The largest absolute Gasteiger partial charge is 0.462 e. The molecule has 0 aliphatic heterocycles. The van der Waals surface area contributed by atoms with E-state index in [0.29, 0.717) is 19.3 Å². The number of carbonyl (C=O) groups excluding carboxylic acids is 3. The van der Waals surface area contributed by atoms with Gasteiger partial charge >= 0.3 is 17.9 Å². The molecule has 0 aromatic carbocycles. The molecule has 0 radical (unpaired) electrons. The number of rotatable bonds is 36. The van der Waals surface area contributed by atoms with Gasteiger partial charge in [0.25, 0.3) is 0 Å². The molecule has 6 heteroatoms. The van der Waals surface area contributed by atoms with Crippen LogP contribution in [-0.4, -0.2) is 37.2 Å². The van der Waals surface area contributed by atoms with Crippen LogP contribution in [0.25, 0.3) is 0 Å². The zero-order valence-electron chi connectivity index (χ0n) is 32.6. The Morgan fingerprint density at radius 2 is 0.792 bits per heavy atom. The third-order valence-electron chi connectivity index (χ3n) is 9.58. The van der Waals surface area contributed by atoms with E-state index in [0.717, 1.165) is 69.6 Å². The molecule has 0 rings (SSSR count). The molecule has 1 unspecified atom stereocenters. The smallest absolute Gasteiger partial charge is 0.306 e. The van der Waals surface area contributed by atoms with Gasteiger partial charge in [-0.2, -0.15) is 0 Å². The van der Waals surface area contributed by atoms with Crippen LogP contribution in [0.4, 0.5) is 0 Å². The molecule has 0 aliphatic rings. The van der Waals surface area contributed by atoms with E-state index in [2.05, 4.69) is 34.6 Å². The van der Waals surface area contributed by atoms with E-state index in [9.17, 15) is 14.4 Å². The number of unbranched alkanes of at least 4 members (excludes halogenated alkanes) is 20. The fraction of sp³-hybridized carbons (Fsp3) is 0.929. The Labute approximate surface area is 298 Å². The number of esters is 3. The third-order valence-corrected chi connectivity index (χ3v) is 9.58. The van der Waals surface area contributed by atoms with E-state index in [1.165, 1.54) is 109 Å². The molecule has 0 aliphatic carbocycles. The molecule has 2 atom stereocenters. The van der Waals surface area contributed by atoms with Crippen LogP contribution >= 0.6 is 0 Å². The van der Waals surface area contributed by atoms with E-state index in [1.54, 1.807) is 0 Å². The van der Waals surface area contributed by atoms with Crippen LogP contribution < -0.4 is 0 Å². The first-order valence-electron chi connectivity index (χ1n) is 20.8. The van der Waals surface area contributed by atoms with Gasteiger partial charge in [0.05, 0.1) is 0 Å². The van der Waals surface area contributed by atoms with Gasteiger partial charge in [-0.3, -0.25) is 14.4 Å². The highest BCUT2D eigenvalue weighted by molar-refractivity contribution is 5.71. The van der Waals surface area contributed by atoms with Gasteiger partial charge in [0.1, 0.15) is 13.2 Å². The molecule has 0 heterocycles. The van der Waals surface area contributed by atoms with E-state index < -0.39 is 6.10 Å². The number of hydrogen-bond donors (Lipinski definition) is 0. The monoisotopic (exact) mass is 681 g/mol. The van der Waals surface area contributed by atoms with Gasteiger partial charge in [0.2, 0.25) is 0 Å². The van der Waals surface area contributed by atoms with Crippen molar-refractivity contribution in [1.29, 1.82) is 0 Å². The molecule has 0 spiro atoms. The fourth-order valence-electron chi connectivity index (χ4n) is 6.01. The Hall–Kier alpha value is -1.59. The van der Waals surface area contributed by atoms with Crippen molar-refractivity contribution in [3.05, 3.63) is 0 Å². The molecule has 0 saturated carbocycles. The van der Waals surface area contributed by atoms with E-state index >= 15 is 0 Å². The van der Waals surface area contributed by atoms with Gasteiger partial charge in [-0.1, -0.05) is 182 Å². The molecule has 0 aromatic heterocycles. The first kappa shape index (κ1) is 46.4. The Morgan fingerprint density at radius 1 is 0.438 bits per heavy atom. The predicted octanol–water partition coefficient (Wildman–Crippen LogP) is 12.6. The summed E-state index contributed by atoms with van der Waals surface area (Å²) in [5, 5.41) is 0. The third kappa shape index (κ3) is 34.3. The molecular formula is C42H80O6. The van der Waals surface area contributed by atoms with Gasteiger partial charge in [0, 0.05) is 19.3 Å². The predicted molar refractivity (Wildman–Crippen MR) is 201 cm³/mol. The van der Waals surface area contributed by atoms with Crippen LogP contribution in [0.1, 0.15) is 221 Å². The quantitative estimate of drug-likeness (QED) is 0.0372. The van der Waals surface area contributed by atoms with Gasteiger partial charge in [-0.05, 0) is 31.1 Å². The highest BCUT2D eigenvalue weighted by atomic mass is 16.6. The summed E-state index contributed by atoms with van der Waals surface area (Å²) in [6.07, 6.45) is 31.0. The normalized spacial score (nSPS) is 12.6. The fourth-order valence-corrected chi connectivity index (χ4v) is 6.01. The van der Waals surface area contributed by atoms with Crippen molar-refractivity contribution in [2.75, 3.05) is 13.2 Å². The van der Waals surface area contributed by atoms with Crippen molar-refractivity contribution >= 4 is 17.9 Å². The SMILES string of the molecule is CCCCCCCCCCCCCC(=O)O[C@@H](COC(=O)CCCCCCCCC(C)C)COC(=O)CCCCCCCCC(C)CC. The highest BCUT2D eigenvalue weighted by Gasteiger charge is 2.19. The Balaban J connectivity index is 4.37. The van der Waals surface area contributed by atoms with Gasteiger partial charge in [0.15, 0.2) is 6.10 Å². The summed E-state index contributed by atoms with van der Waals surface area (Å²) in [4.78, 5) is 37.5. The molecular weight excluding hydrogens is 600 g/mol. The minimum atomic E-state index is -0.760. The number of hydrogen-bond acceptors (Lipinski definition) is 6. The summed E-state index contributed by atoms with van der Waals surface area (Å²) >= 11 is 0. The van der Waals surface area contributed by atoms with Crippen molar-refractivity contribution in [3.8, 4) is 0 Å². The lowest BCUT2D eigenvalue weighted by atomic mass is 10.00. The van der Waals surface area contributed by atoms with Crippen molar-refractivity contribution < 1.29 is 28.6 Å². The van der Waals surface area contributed by atoms with Crippen LogP contribution in [0.5, 0.6) is 0 Å². The van der Waals surface area contributed by atoms with Crippen molar-refractivity contribution in [3.63, 3.8) is 0 Å². The van der Waals surface area contributed by atoms with E-state index in [-0.39, 0.29) is 31.1 Å². The first-order chi connectivity index (χ1) is 23.3. The second kappa shape index (κ2) is 35.2. The Kier molecular flexibility index (Phi) is 34.1. The second-order valence-corrected chi connectivity index (χ2v) is 15.0. The van der Waals surface area contributed by atoms with E-state index in [1.807, 2.05) is 0 Å². The summed E-state index contributed by atoms with van der Waals surface area (Å²) in [5.74, 6) is 0.707. The van der Waals surface area contributed by atoms with E-state index in [4.69, 9.17) is 14.2 Å². The minimum absolute atomic E-state index is 0.0674. The van der Waals surface area contributed by atoms with Crippen molar-refractivity contribution in [2.45, 2.75) is 227 Å².